The lowest BCUT2D eigenvalue weighted by molar-refractivity contribution is 0.0123. The van der Waals surface area contributed by atoms with E-state index in [0.717, 1.165) is 12.8 Å². The van der Waals surface area contributed by atoms with Gasteiger partial charge in [0.15, 0.2) is 11.0 Å². The van der Waals surface area contributed by atoms with Crippen molar-refractivity contribution >= 4 is 34.4 Å². The number of amides is 1. The van der Waals surface area contributed by atoms with Crippen LogP contribution in [0.15, 0.2) is 6.20 Å². The van der Waals surface area contributed by atoms with E-state index in [1.807, 2.05) is 30.6 Å². The number of rotatable bonds is 4. The van der Waals surface area contributed by atoms with Crippen LogP contribution in [0.5, 0.6) is 6.01 Å². The molecule has 2 bridgehead atoms. The zero-order chi connectivity index (χ0) is 22.3. The summed E-state index contributed by atoms with van der Waals surface area (Å²) < 4.78 is 25.8. The number of pyridine rings is 1. The number of piperazine rings is 1. The van der Waals surface area contributed by atoms with Crippen molar-refractivity contribution in [2.24, 2.45) is 5.73 Å². The van der Waals surface area contributed by atoms with Gasteiger partial charge < -0.3 is 20.1 Å². The summed E-state index contributed by atoms with van der Waals surface area (Å²) in [4.78, 5) is 29.2. The molecule has 2 aromatic heterocycles. The van der Waals surface area contributed by atoms with Crippen molar-refractivity contribution in [3.63, 3.8) is 0 Å². The highest BCUT2D eigenvalue weighted by Gasteiger charge is 2.45. The Morgan fingerprint density at radius 1 is 1.29 bits per heavy atom. The molecule has 2 N–H and O–H groups in total. The van der Waals surface area contributed by atoms with Crippen LogP contribution in [0, 0.1) is 5.82 Å². The van der Waals surface area contributed by atoms with E-state index in [1.54, 1.807) is 0 Å². The van der Waals surface area contributed by atoms with Gasteiger partial charge in [-0.15, -0.1) is 0 Å². The van der Waals surface area contributed by atoms with Crippen LogP contribution in [0.4, 0.5) is 15.0 Å². The van der Waals surface area contributed by atoms with Crippen LogP contribution in [-0.2, 0) is 4.74 Å². The van der Waals surface area contributed by atoms with Crippen LogP contribution in [0.2, 0.25) is 5.15 Å². The Balaban J connectivity index is 1.67. The van der Waals surface area contributed by atoms with E-state index in [2.05, 4.69) is 15.0 Å². The highest BCUT2D eigenvalue weighted by Crippen LogP contribution is 2.36. The molecule has 2 unspecified atom stereocenters. The predicted octanol–water partition coefficient (Wildman–Crippen LogP) is 2.74. The van der Waals surface area contributed by atoms with Gasteiger partial charge in [-0.3, -0.25) is 4.90 Å². The standard InChI is InChI=1S/C20H26ClFN6O3/c1-20(2,3)31-19(29)28-11-4-5-12(28)10-27(9-11)17-13-8-24-16(21)14(22)15(13)25-18(26-17)30-7-6-23/h8,11-12H,4-7,9-10,23H2,1-3H3. The SMILES string of the molecule is CC(C)(C)OC(=O)N1C2CCC1CN(c1nc(OCCN)nc3c(F)c(Cl)ncc13)C2. The summed E-state index contributed by atoms with van der Waals surface area (Å²) in [6.45, 7) is 7.09. The van der Waals surface area contributed by atoms with E-state index in [-0.39, 0.29) is 48.0 Å². The number of aromatic nitrogens is 3. The molecule has 2 fully saturated rings. The molecule has 0 saturated carbocycles. The first-order valence-corrected chi connectivity index (χ1v) is 10.7. The first kappa shape index (κ1) is 21.8. The maximum Gasteiger partial charge on any atom is 0.410 e. The van der Waals surface area contributed by atoms with Crippen LogP contribution in [0.25, 0.3) is 10.9 Å². The molecular formula is C20H26ClFN6O3. The number of carbonyl (C=O) groups excluding carboxylic acids is 1. The number of nitrogens with zero attached hydrogens (tertiary/aromatic N) is 5. The molecule has 2 saturated heterocycles. The summed E-state index contributed by atoms with van der Waals surface area (Å²) in [6, 6.07) is -0.0368. The van der Waals surface area contributed by atoms with Crippen LogP contribution in [-0.4, -0.2) is 69.9 Å². The molecule has 31 heavy (non-hydrogen) atoms. The van der Waals surface area contributed by atoms with Gasteiger partial charge in [-0.05, 0) is 33.6 Å². The first-order chi connectivity index (χ1) is 14.7. The zero-order valence-corrected chi connectivity index (χ0v) is 18.5. The molecule has 2 aromatic rings. The van der Waals surface area contributed by atoms with Crippen molar-refractivity contribution in [2.75, 3.05) is 31.1 Å². The quantitative estimate of drug-likeness (QED) is 0.705. The molecule has 0 aliphatic carbocycles. The van der Waals surface area contributed by atoms with Crippen LogP contribution >= 0.6 is 11.6 Å². The number of nitrogens with two attached hydrogens (primary N) is 1. The molecule has 0 aromatic carbocycles. The largest absolute Gasteiger partial charge is 0.462 e. The zero-order valence-electron chi connectivity index (χ0n) is 17.8. The molecular weight excluding hydrogens is 427 g/mol. The molecule has 0 spiro atoms. The highest BCUT2D eigenvalue weighted by atomic mass is 35.5. The topological polar surface area (TPSA) is 107 Å². The maximum atomic E-state index is 14.7. The molecule has 2 aliphatic heterocycles. The Bertz CT molecular complexity index is 987. The maximum absolute atomic E-state index is 14.7. The molecule has 11 heteroatoms. The number of anilines is 1. The van der Waals surface area contributed by atoms with Gasteiger partial charge in [-0.2, -0.15) is 9.97 Å². The molecule has 0 radical (unpaired) electrons. The Hall–Kier alpha value is -2.46. The van der Waals surface area contributed by atoms with Gasteiger partial charge >= 0.3 is 12.1 Å². The normalized spacial score (nSPS) is 21.0. The predicted molar refractivity (Wildman–Crippen MR) is 114 cm³/mol. The van der Waals surface area contributed by atoms with Crippen LogP contribution in [0.1, 0.15) is 33.6 Å². The Morgan fingerprint density at radius 3 is 2.58 bits per heavy atom. The van der Waals surface area contributed by atoms with Gasteiger partial charge in [-0.1, -0.05) is 11.6 Å². The minimum absolute atomic E-state index is 0.0241. The number of hydrogen-bond acceptors (Lipinski definition) is 8. The monoisotopic (exact) mass is 452 g/mol. The lowest BCUT2D eigenvalue weighted by atomic mass is 10.1. The minimum atomic E-state index is -0.726. The average molecular weight is 453 g/mol. The third-order valence-electron chi connectivity index (χ3n) is 5.34. The van der Waals surface area contributed by atoms with E-state index in [1.165, 1.54) is 6.20 Å². The molecule has 9 nitrogen and oxygen atoms in total. The second-order valence-electron chi connectivity index (χ2n) is 8.77. The number of halogens is 2. The lowest BCUT2D eigenvalue weighted by Gasteiger charge is -2.42. The lowest BCUT2D eigenvalue weighted by Crippen LogP contribution is -2.57. The number of ether oxygens (including phenoxy) is 2. The fourth-order valence-electron chi connectivity index (χ4n) is 4.14. The van der Waals surface area contributed by atoms with Crippen molar-refractivity contribution in [2.45, 2.75) is 51.3 Å². The number of fused-ring (bicyclic) bond motifs is 3. The molecule has 2 aliphatic rings. The molecule has 1 amide bonds. The summed E-state index contributed by atoms with van der Waals surface area (Å²) in [6.07, 6.45) is 2.88. The summed E-state index contributed by atoms with van der Waals surface area (Å²) in [5.74, 6) is -0.225. The summed E-state index contributed by atoms with van der Waals surface area (Å²) in [5.41, 5.74) is 4.99. The van der Waals surface area contributed by atoms with Crippen molar-refractivity contribution < 1.29 is 18.7 Å². The third-order valence-corrected chi connectivity index (χ3v) is 5.60. The fraction of sp³-hybridized carbons (Fsp3) is 0.600. The fourth-order valence-corrected chi connectivity index (χ4v) is 4.28. The Morgan fingerprint density at radius 2 is 1.97 bits per heavy atom. The van der Waals surface area contributed by atoms with E-state index in [4.69, 9.17) is 26.8 Å². The average Bonchev–Trinajstić information content (AvgIpc) is 2.97. The molecule has 4 rings (SSSR count). The van der Waals surface area contributed by atoms with Crippen molar-refractivity contribution in [1.29, 1.82) is 0 Å². The van der Waals surface area contributed by atoms with Crippen molar-refractivity contribution in [3.05, 3.63) is 17.2 Å². The van der Waals surface area contributed by atoms with Crippen LogP contribution in [0.3, 0.4) is 0 Å². The van der Waals surface area contributed by atoms with Gasteiger partial charge in [-0.25, -0.2) is 14.2 Å². The van der Waals surface area contributed by atoms with Gasteiger partial charge in [0.2, 0.25) is 0 Å². The van der Waals surface area contributed by atoms with Crippen molar-refractivity contribution in [1.82, 2.24) is 19.9 Å². The second-order valence-corrected chi connectivity index (χ2v) is 9.13. The third kappa shape index (κ3) is 4.31. The highest BCUT2D eigenvalue weighted by molar-refractivity contribution is 6.30. The van der Waals surface area contributed by atoms with E-state index < -0.39 is 11.4 Å². The molecule has 168 valence electrons. The molecule has 2 atom stereocenters. The number of carbonyl (C=O) groups is 1. The van der Waals surface area contributed by atoms with E-state index in [9.17, 15) is 9.18 Å². The summed E-state index contributed by atoms with van der Waals surface area (Å²) in [5, 5.41) is 0.170. The van der Waals surface area contributed by atoms with Crippen LogP contribution < -0.4 is 15.4 Å². The van der Waals surface area contributed by atoms with Gasteiger partial charge in [0.25, 0.3) is 0 Å². The van der Waals surface area contributed by atoms with E-state index >= 15 is 0 Å². The van der Waals surface area contributed by atoms with Gasteiger partial charge in [0, 0.05) is 25.8 Å². The second kappa shape index (κ2) is 8.23. The first-order valence-electron chi connectivity index (χ1n) is 10.3. The van der Waals surface area contributed by atoms with E-state index in [0.29, 0.717) is 24.3 Å². The smallest absolute Gasteiger partial charge is 0.410 e. The van der Waals surface area contributed by atoms with Crippen molar-refractivity contribution in [3.8, 4) is 6.01 Å². The Kier molecular flexibility index (Phi) is 5.78. The summed E-state index contributed by atoms with van der Waals surface area (Å²) in [7, 11) is 0. The minimum Gasteiger partial charge on any atom is -0.462 e. The Labute approximate surface area is 184 Å². The molecule has 4 heterocycles. The van der Waals surface area contributed by atoms with Gasteiger partial charge in [0.05, 0.1) is 17.5 Å². The number of hydrogen-bond donors (Lipinski definition) is 1. The van der Waals surface area contributed by atoms with Gasteiger partial charge in [0.1, 0.15) is 23.5 Å². The summed E-state index contributed by atoms with van der Waals surface area (Å²) >= 11 is 5.87.